The third-order valence-electron chi connectivity index (χ3n) is 7.41. The maximum atomic E-state index is 12.8. The van der Waals surface area contributed by atoms with Crippen LogP contribution < -0.4 is 14.8 Å². The lowest BCUT2D eigenvalue weighted by Crippen LogP contribution is -2.34. The van der Waals surface area contributed by atoms with Crippen molar-refractivity contribution in [3.8, 4) is 22.6 Å². The van der Waals surface area contributed by atoms with Crippen LogP contribution in [0.3, 0.4) is 0 Å². The standard InChI is InChI=1S/C34H36N2O3.ClH/c1-38-33-25-31(35-34(37)30-15-13-28(14-16-30)26-9-4-2-5-10-26)17-18-32(33)39-24-8-21-36-22-19-29(20-23-36)27-11-6-3-7-12-27;/h2-7,9-18,25,29H,8,19-24H2,1H3,(H,35,37);1H. The Hall–Kier alpha value is -3.80. The van der Waals surface area contributed by atoms with Crippen molar-refractivity contribution in [3.05, 3.63) is 114 Å². The monoisotopic (exact) mass is 556 g/mol. The summed E-state index contributed by atoms with van der Waals surface area (Å²) < 4.78 is 11.6. The Bertz CT molecular complexity index is 1340. The van der Waals surface area contributed by atoms with Crippen LogP contribution in [0.2, 0.25) is 0 Å². The number of anilines is 1. The van der Waals surface area contributed by atoms with Crippen molar-refractivity contribution in [3.63, 3.8) is 0 Å². The second kappa shape index (κ2) is 14.5. The SMILES string of the molecule is COc1cc(NC(=O)c2ccc(-c3ccccc3)cc2)ccc1OCCCN1CCC(c2ccccc2)CC1.Cl. The van der Waals surface area contributed by atoms with Crippen LogP contribution in [0.1, 0.15) is 41.1 Å². The van der Waals surface area contributed by atoms with Crippen LogP contribution in [-0.2, 0) is 0 Å². The number of likely N-dealkylation sites (tertiary alicyclic amines) is 1. The molecule has 0 aromatic heterocycles. The van der Waals surface area contributed by atoms with E-state index in [-0.39, 0.29) is 18.3 Å². The van der Waals surface area contributed by atoms with Gasteiger partial charge in [-0.15, -0.1) is 12.4 Å². The molecule has 5 nitrogen and oxygen atoms in total. The summed E-state index contributed by atoms with van der Waals surface area (Å²) in [7, 11) is 1.62. The van der Waals surface area contributed by atoms with Gasteiger partial charge in [-0.1, -0.05) is 72.8 Å². The Balaban J connectivity index is 0.00000370. The molecule has 0 unspecified atom stereocenters. The number of rotatable bonds is 10. The minimum absolute atomic E-state index is 0. The topological polar surface area (TPSA) is 50.8 Å². The van der Waals surface area contributed by atoms with Gasteiger partial charge in [0.05, 0.1) is 13.7 Å². The third kappa shape index (κ3) is 7.65. The highest BCUT2D eigenvalue weighted by Gasteiger charge is 2.20. The first-order chi connectivity index (χ1) is 19.2. The van der Waals surface area contributed by atoms with Gasteiger partial charge in [-0.05, 0) is 79.2 Å². The zero-order valence-corrected chi connectivity index (χ0v) is 23.7. The van der Waals surface area contributed by atoms with Crippen molar-refractivity contribution in [1.29, 1.82) is 0 Å². The van der Waals surface area contributed by atoms with Crippen molar-refractivity contribution in [1.82, 2.24) is 4.90 Å². The summed E-state index contributed by atoms with van der Waals surface area (Å²) in [5, 5.41) is 2.96. The second-order valence-electron chi connectivity index (χ2n) is 9.99. The number of hydrogen-bond donors (Lipinski definition) is 1. The molecule has 0 radical (unpaired) electrons. The molecular formula is C34H37ClN2O3. The summed E-state index contributed by atoms with van der Waals surface area (Å²) >= 11 is 0. The van der Waals surface area contributed by atoms with Crippen molar-refractivity contribution < 1.29 is 14.3 Å². The highest BCUT2D eigenvalue weighted by Crippen LogP contribution is 2.31. The lowest BCUT2D eigenvalue weighted by atomic mass is 9.89. The first kappa shape index (κ1) is 29.2. The van der Waals surface area contributed by atoms with Crippen LogP contribution in [0, 0.1) is 0 Å². The molecule has 0 aliphatic carbocycles. The molecule has 6 heteroatoms. The van der Waals surface area contributed by atoms with Crippen molar-refractivity contribution in [2.75, 3.05) is 38.7 Å². The predicted molar refractivity (Wildman–Crippen MR) is 165 cm³/mol. The fourth-order valence-corrected chi connectivity index (χ4v) is 5.20. The van der Waals surface area contributed by atoms with Gasteiger partial charge in [0.25, 0.3) is 5.91 Å². The van der Waals surface area contributed by atoms with Crippen LogP contribution in [0.25, 0.3) is 11.1 Å². The molecule has 0 atom stereocenters. The molecule has 1 saturated heterocycles. The van der Waals surface area contributed by atoms with E-state index in [4.69, 9.17) is 9.47 Å². The maximum Gasteiger partial charge on any atom is 0.255 e. The molecular weight excluding hydrogens is 520 g/mol. The Morgan fingerprint density at radius 1 is 0.825 bits per heavy atom. The number of carbonyl (C=O) groups is 1. The summed E-state index contributed by atoms with van der Waals surface area (Å²) in [6.45, 7) is 3.91. The summed E-state index contributed by atoms with van der Waals surface area (Å²) in [5.41, 5.74) is 4.93. The largest absolute Gasteiger partial charge is 0.493 e. The van der Waals surface area contributed by atoms with Crippen LogP contribution in [0.15, 0.2) is 103 Å². The minimum Gasteiger partial charge on any atom is -0.493 e. The molecule has 0 spiro atoms. The number of ether oxygens (including phenoxy) is 2. The Morgan fingerprint density at radius 3 is 2.15 bits per heavy atom. The smallest absolute Gasteiger partial charge is 0.255 e. The van der Waals surface area contributed by atoms with E-state index in [1.807, 2.05) is 54.6 Å². The van der Waals surface area contributed by atoms with Gasteiger partial charge in [0.1, 0.15) is 0 Å². The van der Waals surface area contributed by atoms with E-state index < -0.39 is 0 Å². The van der Waals surface area contributed by atoms with E-state index in [2.05, 4.69) is 52.7 Å². The number of carbonyl (C=O) groups excluding carboxylic acids is 1. The highest BCUT2D eigenvalue weighted by atomic mass is 35.5. The summed E-state index contributed by atoms with van der Waals surface area (Å²) in [4.78, 5) is 15.4. The van der Waals surface area contributed by atoms with E-state index in [9.17, 15) is 4.79 Å². The number of halogens is 1. The molecule has 1 fully saturated rings. The van der Waals surface area contributed by atoms with Crippen LogP contribution in [-0.4, -0.2) is 44.2 Å². The molecule has 1 amide bonds. The summed E-state index contributed by atoms with van der Waals surface area (Å²) in [5.74, 6) is 1.80. The molecule has 0 saturated carbocycles. The minimum atomic E-state index is -0.165. The van der Waals surface area contributed by atoms with Gasteiger partial charge in [-0.2, -0.15) is 0 Å². The lowest BCUT2D eigenvalue weighted by Gasteiger charge is -2.32. The van der Waals surface area contributed by atoms with Crippen LogP contribution in [0.5, 0.6) is 11.5 Å². The fraction of sp³-hybridized carbons (Fsp3) is 0.265. The number of benzene rings is 4. The molecule has 1 aliphatic rings. The molecule has 4 aromatic rings. The zero-order valence-electron chi connectivity index (χ0n) is 22.9. The molecule has 208 valence electrons. The van der Waals surface area contributed by atoms with Crippen LogP contribution in [0.4, 0.5) is 5.69 Å². The molecule has 1 N–H and O–H groups in total. The van der Waals surface area contributed by atoms with E-state index in [1.54, 1.807) is 13.2 Å². The normalized spacial score (nSPS) is 13.7. The highest BCUT2D eigenvalue weighted by molar-refractivity contribution is 6.04. The first-order valence-electron chi connectivity index (χ1n) is 13.7. The molecule has 5 rings (SSSR count). The van der Waals surface area contributed by atoms with Gasteiger partial charge in [0.15, 0.2) is 11.5 Å². The molecule has 0 bridgehead atoms. The molecule has 4 aromatic carbocycles. The van der Waals surface area contributed by atoms with E-state index in [0.29, 0.717) is 35.3 Å². The van der Waals surface area contributed by atoms with E-state index in [1.165, 1.54) is 18.4 Å². The number of nitrogens with zero attached hydrogens (tertiary/aromatic N) is 1. The quantitative estimate of drug-likeness (QED) is 0.203. The van der Waals surface area contributed by atoms with Gasteiger partial charge < -0.3 is 19.7 Å². The Kier molecular flexibility index (Phi) is 10.6. The maximum absolute atomic E-state index is 12.8. The van der Waals surface area contributed by atoms with Crippen LogP contribution >= 0.6 is 12.4 Å². The lowest BCUT2D eigenvalue weighted by molar-refractivity contribution is 0.102. The second-order valence-corrected chi connectivity index (χ2v) is 9.99. The summed E-state index contributed by atoms with van der Waals surface area (Å²) in [6, 6.07) is 34.1. The average molecular weight is 557 g/mol. The Morgan fingerprint density at radius 2 is 1.48 bits per heavy atom. The number of nitrogens with one attached hydrogen (secondary N) is 1. The van der Waals surface area contributed by atoms with Gasteiger partial charge in [0.2, 0.25) is 0 Å². The third-order valence-corrected chi connectivity index (χ3v) is 7.41. The average Bonchev–Trinajstić information content (AvgIpc) is 3.01. The number of methoxy groups -OCH3 is 1. The molecule has 40 heavy (non-hydrogen) atoms. The van der Waals surface area contributed by atoms with E-state index in [0.717, 1.165) is 37.2 Å². The van der Waals surface area contributed by atoms with Gasteiger partial charge >= 0.3 is 0 Å². The Labute approximate surface area is 243 Å². The van der Waals surface area contributed by atoms with Crippen molar-refractivity contribution >= 4 is 24.0 Å². The first-order valence-corrected chi connectivity index (χ1v) is 13.7. The van der Waals surface area contributed by atoms with Crippen molar-refractivity contribution in [2.24, 2.45) is 0 Å². The van der Waals surface area contributed by atoms with Crippen molar-refractivity contribution in [2.45, 2.75) is 25.2 Å². The summed E-state index contributed by atoms with van der Waals surface area (Å²) in [6.07, 6.45) is 3.38. The fourth-order valence-electron chi connectivity index (χ4n) is 5.20. The number of hydrogen-bond acceptors (Lipinski definition) is 4. The van der Waals surface area contributed by atoms with E-state index >= 15 is 0 Å². The van der Waals surface area contributed by atoms with Gasteiger partial charge in [-0.25, -0.2) is 0 Å². The molecule has 1 aliphatic heterocycles. The molecule has 1 heterocycles. The predicted octanol–water partition coefficient (Wildman–Crippen LogP) is 7.68. The number of piperidine rings is 1. The van der Waals surface area contributed by atoms with Gasteiger partial charge in [0, 0.05) is 23.9 Å². The zero-order chi connectivity index (χ0) is 26.9. The number of amides is 1. The van der Waals surface area contributed by atoms with Gasteiger partial charge in [-0.3, -0.25) is 4.79 Å².